The normalized spacial score (nSPS) is 12.4. The Hall–Kier alpha value is -2.05. The van der Waals surface area contributed by atoms with E-state index in [9.17, 15) is 17.6 Å². The second-order valence-corrected chi connectivity index (χ2v) is 8.71. The summed E-state index contributed by atoms with van der Waals surface area (Å²) in [4.78, 5) is 11.7. The number of hydrogen-bond acceptors (Lipinski definition) is 5. The zero-order valence-electron chi connectivity index (χ0n) is 15.5. The number of rotatable bonds is 5. The van der Waals surface area contributed by atoms with Crippen LogP contribution in [0.3, 0.4) is 0 Å². The van der Waals surface area contributed by atoms with E-state index >= 15 is 0 Å². The first-order valence-corrected chi connectivity index (χ1v) is 12.9. The molecule has 14 heteroatoms. The van der Waals surface area contributed by atoms with E-state index in [1.165, 1.54) is 31.4 Å². The maximum atomic E-state index is 14.7. The molecule has 0 bridgehead atoms. The Morgan fingerprint density at radius 3 is 2.65 bits per heavy atom. The van der Waals surface area contributed by atoms with Gasteiger partial charge in [0.15, 0.2) is 11.2 Å². The van der Waals surface area contributed by atoms with Crippen molar-refractivity contribution >= 4 is 51.0 Å². The summed E-state index contributed by atoms with van der Waals surface area (Å²) in [6, 6.07) is 4.07. The molecule has 1 atom stereocenters. The lowest BCUT2D eigenvalue weighted by atomic mass is 10.1. The monoisotopic (exact) mass is 584 g/mol. The van der Waals surface area contributed by atoms with E-state index in [0.717, 1.165) is 10.8 Å². The largest absolute Gasteiger partial charge is 0.471 e. The van der Waals surface area contributed by atoms with Crippen LogP contribution in [0.5, 0.6) is 5.88 Å². The zero-order chi connectivity index (χ0) is 22.3. The van der Waals surface area contributed by atoms with Crippen LogP contribution < -0.4 is 4.74 Å². The molecule has 7 nitrogen and oxygen atoms in total. The van der Waals surface area contributed by atoms with Crippen molar-refractivity contribution in [2.75, 3.05) is 0 Å². The van der Waals surface area contributed by atoms with Crippen molar-refractivity contribution in [1.29, 1.82) is 0 Å². The molecule has 1 unspecified atom stereocenters. The molecule has 0 saturated heterocycles. The molecule has 0 aliphatic rings. The van der Waals surface area contributed by atoms with Crippen LogP contribution in [0.15, 0.2) is 30.6 Å². The zero-order valence-corrected chi connectivity index (χ0v) is 19.4. The van der Waals surface area contributed by atoms with Crippen LogP contribution in [-0.2, 0) is 19.8 Å². The Bertz CT molecular complexity index is 1280. The van der Waals surface area contributed by atoms with E-state index in [1.807, 2.05) is 0 Å². The molecule has 0 radical (unpaired) electrons. The fourth-order valence-electron chi connectivity index (χ4n) is 2.88. The third-order valence-electron chi connectivity index (χ3n) is 4.26. The van der Waals surface area contributed by atoms with Gasteiger partial charge in [-0.3, -0.25) is 0 Å². The summed E-state index contributed by atoms with van der Waals surface area (Å²) in [6.07, 6.45) is -1.99. The lowest BCUT2D eigenvalue weighted by Crippen LogP contribution is -2.05. The Kier molecular flexibility index (Phi) is 6.05. The van der Waals surface area contributed by atoms with Crippen molar-refractivity contribution in [2.24, 2.45) is 7.05 Å². The average Bonchev–Trinajstić information content (AvgIpc) is 3.29. The lowest BCUT2D eigenvalue weighted by molar-refractivity contribution is -0.140. The number of imidazole rings is 1. The number of nitrogens with zero attached hydrogens (tertiary/aromatic N) is 6. The molecule has 3 heterocycles. The number of halogens is 6. The number of aromatic nitrogens is 6. The molecule has 0 spiro atoms. The van der Waals surface area contributed by atoms with Crippen molar-refractivity contribution in [1.82, 2.24) is 29.1 Å². The molecular formula is C17H11ClF4IN6OP. The third-order valence-corrected chi connectivity index (χ3v) is 6.29. The van der Waals surface area contributed by atoms with E-state index < -0.39 is 17.7 Å². The molecule has 1 aromatic carbocycles. The summed E-state index contributed by atoms with van der Waals surface area (Å²) >= 11 is 8.07. The van der Waals surface area contributed by atoms with Gasteiger partial charge in [-0.2, -0.15) is 23.3 Å². The highest BCUT2D eigenvalue weighted by atomic mass is 127. The summed E-state index contributed by atoms with van der Waals surface area (Å²) in [6.45, 7) is -0.0520. The molecule has 0 aliphatic carbocycles. The van der Waals surface area contributed by atoms with E-state index in [0.29, 0.717) is 16.6 Å². The molecule has 31 heavy (non-hydrogen) atoms. The maximum Gasteiger partial charge on any atom is 0.434 e. The number of benzene rings is 1. The predicted octanol–water partition coefficient (Wildman–Crippen LogP) is 5.41. The summed E-state index contributed by atoms with van der Waals surface area (Å²) in [7, 11) is 1.37. The average molecular weight is 585 g/mol. The third kappa shape index (κ3) is 4.46. The van der Waals surface area contributed by atoms with Crippen LogP contribution in [0, 0.1) is 5.82 Å². The number of hydrogen-bond donors (Lipinski definition) is 0. The predicted molar refractivity (Wildman–Crippen MR) is 116 cm³/mol. The van der Waals surface area contributed by atoms with Gasteiger partial charge in [0.25, 0.3) is 0 Å². The van der Waals surface area contributed by atoms with Crippen molar-refractivity contribution in [3.8, 4) is 17.3 Å². The molecule has 0 saturated carbocycles. The van der Waals surface area contributed by atoms with Gasteiger partial charge in [-0.1, -0.05) is 6.07 Å². The number of alkyl halides is 3. The summed E-state index contributed by atoms with van der Waals surface area (Å²) in [5, 5.41) is 4.17. The molecule has 0 fully saturated rings. The minimum atomic E-state index is -4.62. The summed E-state index contributed by atoms with van der Waals surface area (Å²) in [5.74, 6) is -0.665. The Morgan fingerprint density at radius 2 is 2.00 bits per heavy atom. The van der Waals surface area contributed by atoms with Crippen molar-refractivity contribution < 1.29 is 22.3 Å². The van der Waals surface area contributed by atoms with Gasteiger partial charge in [0.1, 0.15) is 23.8 Å². The van der Waals surface area contributed by atoms with E-state index in [-0.39, 0.29) is 35.5 Å². The quantitative estimate of drug-likeness (QED) is 0.136. The molecular weight excluding hydrogens is 574 g/mol. The second-order valence-electron chi connectivity index (χ2n) is 6.33. The van der Waals surface area contributed by atoms with Crippen molar-refractivity contribution in [3.63, 3.8) is 0 Å². The Morgan fingerprint density at radius 1 is 1.23 bits per heavy atom. The first-order chi connectivity index (χ1) is 14.7. The van der Waals surface area contributed by atoms with Crippen molar-refractivity contribution in [3.05, 3.63) is 53.0 Å². The van der Waals surface area contributed by atoms with Crippen LogP contribution in [0.2, 0.25) is 5.28 Å². The molecule has 4 aromatic rings. The number of ether oxygens (including phenoxy) is 1. The second kappa shape index (κ2) is 8.47. The van der Waals surface area contributed by atoms with Gasteiger partial charge in [0, 0.05) is 13.2 Å². The molecule has 0 amide bonds. The SMILES string of the molecule is Cn1cc(C(F)(F)F)nc1-c1ccc(COc2nc(Cl)nc3cnn(PI)c23)cc1F. The van der Waals surface area contributed by atoms with Gasteiger partial charge >= 0.3 is 6.18 Å². The smallest absolute Gasteiger partial charge is 0.434 e. The van der Waals surface area contributed by atoms with Crippen LogP contribution in [0.25, 0.3) is 22.4 Å². The van der Waals surface area contributed by atoms with E-state index in [2.05, 4.69) is 42.1 Å². The highest BCUT2D eigenvalue weighted by molar-refractivity contribution is 14.2. The maximum absolute atomic E-state index is 14.7. The standard InChI is InChI=1S/C17H11ClF4IN6OP/c1-28-6-12(17(20,21)22)26-14(28)9-3-2-8(4-10(9)19)7-30-15-13-11(25-16(18)27-15)5-24-29(13)31-23/h2-6,31H,7H2,1H3. The summed E-state index contributed by atoms with van der Waals surface area (Å²) < 4.78 is 61.8. The van der Waals surface area contributed by atoms with Gasteiger partial charge in [-0.25, -0.2) is 18.8 Å². The Balaban J connectivity index is 1.60. The first-order valence-electron chi connectivity index (χ1n) is 8.47. The van der Waals surface area contributed by atoms with Crippen LogP contribution in [0.1, 0.15) is 11.3 Å². The van der Waals surface area contributed by atoms with Crippen LogP contribution in [-0.4, -0.2) is 29.1 Å². The van der Waals surface area contributed by atoms with Gasteiger partial charge in [0.05, 0.1) is 18.1 Å². The van der Waals surface area contributed by atoms with Gasteiger partial charge < -0.3 is 9.30 Å². The highest BCUT2D eigenvalue weighted by Gasteiger charge is 2.34. The minimum absolute atomic E-state index is 0.0179. The van der Waals surface area contributed by atoms with Crippen molar-refractivity contribution in [2.45, 2.75) is 12.8 Å². The molecule has 3 aromatic heterocycles. The van der Waals surface area contributed by atoms with Crippen LogP contribution in [0.4, 0.5) is 17.6 Å². The number of fused-ring (bicyclic) bond motifs is 1. The molecule has 4 rings (SSSR count). The van der Waals surface area contributed by atoms with Gasteiger partial charge in [0.2, 0.25) is 11.2 Å². The molecule has 0 aliphatic heterocycles. The first kappa shape index (κ1) is 22.2. The highest BCUT2D eigenvalue weighted by Crippen LogP contribution is 2.34. The van der Waals surface area contributed by atoms with Gasteiger partial charge in [-0.15, -0.1) is 0 Å². The molecule has 0 N–H and O–H groups in total. The lowest BCUT2D eigenvalue weighted by Gasteiger charge is -2.10. The summed E-state index contributed by atoms with van der Waals surface area (Å²) in [5.41, 5.74) is 0.364. The van der Waals surface area contributed by atoms with E-state index in [1.54, 1.807) is 4.45 Å². The van der Waals surface area contributed by atoms with Gasteiger partial charge in [-0.05, 0) is 51.3 Å². The number of aryl methyl sites for hydroxylation is 1. The topological polar surface area (TPSA) is 70.7 Å². The van der Waals surface area contributed by atoms with E-state index in [4.69, 9.17) is 16.3 Å². The van der Waals surface area contributed by atoms with Crippen LogP contribution >= 0.6 is 40.0 Å². The molecule has 162 valence electrons. The Labute approximate surface area is 192 Å². The fraction of sp³-hybridized carbons (Fsp3) is 0.176. The minimum Gasteiger partial charge on any atom is -0.471 e. The fourth-order valence-corrected chi connectivity index (χ4v) is 4.54.